The maximum Gasteiger partial charge on any atom is 0.343 e. The van der Waals surface area contributed by atoms with E-state index in [4.69, 9.17) is 5.11 Å². The molecule has 2 nitrogen and oxygen atoms in total. The highest BCUT2D eigenvalue weighted by molar-refractivity contribution is 5.74. The van der Waals surface area contributed by atoms with Gasteiger partial charge in [-0.2, -0.15) is 0 Å². The standard InChI is InChI=1S/C8H7FO2/c9-7(8(10)11)6-4-2-1-3-5-6/h1-5,7H,(H,10,11)/t7-/m0/s1. The fraction of sp³-hybridized carbons (Fsp3) is 0.125. The number of alkyl halides is 1. The number of halogens is 1. The van der Waals surface area contributed by atoms with E-state index in [1.54, 1.807) is 18.2 Å². The van der Waals surface area contributed by atoms with Crippen LogP contribution in [0.4, 0.5) is 4.39 Å². The molecule has 0 heterocycles. The largest absolute Gasteiger partial charge is 0.479 e. The SMILES string of the molecule is O=C(O)[C@@H](F)c1ccccc1. The fourth-order valence-electron chi connectivity index (χ4n) is 0.765. The van der Waals surface area contributed by atoms with Crippen molar-refractivity contribution in [2.45, 2.75) is 6.17 Å². The van der Waals surface area contributed by atoms with E-state index in [9.17, 15) is 9.18 Å². The monoisotopic (exact) mass is 154 g/mol. The Kier molecular flexibility index (Phi) is 2.21. The Balaban J connectivity index is 2.85. The fourth-order valence-corrected chi connectivity index (χ4v) is 0.765. The van der Waals surface area contributed by atoms with Gasteiger partial charge in [0.25, 0.3) is 0 Å². The van der Waals surface area contributed by atoms with Crippen molar-refractivity contribution < 1.29 is 14.3 Å². The van der Waals surface area contributed by atoms with Crippen molar-refractivity contribution in [3.8, 4) is 0 Å². The summed E-state index contributed by atoms with van der Waals surface area (Å²) in [6.07, 6.45) is -1.91. The van der Waals surface area contributed by atoms with Crippen LogP contribution < -0.4 is 0 Å². The average molecular weight is 154 g/mol. The van der Waals surface area contributed by atoms with Crippen LogP contribution in [0.25, 0.3) is 0 Å². The quantitative estimate of drug-likeness (QED) is 0.704. The van der Waals surface area contributed by atoms with Gasteiger partial charge in [0.2, 0.25) is 6.17 Å². The molecule has 0 unspecified atom stereocenters. The first kappa shape index (κ1) is 7.72. The topological polar surface area (TPSA) is 37.3 Å². The predicted octanol–water partition coefficient (Wildman–Crippen LogP) is 1.78. The van der Waals surface area contributed by atoms with Crippen LogP contribution in [-0.2, 0) is 4.79 Å². The van der Waals surface area contributed by atoms with Crippen LogP contribution in [0.2, 0.25) is 0 Å². The molecular weight excluding hydrogens is 147 g/mol. The molecule has 0 saturated carbocycles. The van der Waals surface area contributed by atoms with Gasteiger partial charge in [-0.05, 0) is 5.56 Å². The zero-order valence-corrected chi connectivity index (χ0v) is 5.70. The Morgan fingerprint density at radius 1 is 1.36 bits per heavy atom. The van der Waals surface area contributed by atoms with Crippen molar-refractivity contribution in [3.63, 3.8) is 0 Å². The van der Waals surface area contributed by atoms with E-state index in [0.29, 0.717) is 0 Å². The second-order valence-electron chi connectivity index (χ2n) is 2.11. The lowest BCUT2D eigenvalue weighted by molar-refractivity contribution is -0.143. The van der Waals surface area contributed by atoms with Gasteiger partial charge in [0.1, 0.15) is 0 Å². The number of benzene rings is 1. The van der Waals surface area contributed by atoms with Crippen LogP contribution in [0.5, 0.6) is 0 Å². The molecule has 1 atom stereocenters. The minimum absolute atomic E-state index is 0.181. The Labute approximate surface area is 63.3 Å². The molecule has 1 aromatic rings. The van der Waals surface area contributed by atoms with Gasteiger partial charge >= 0.3 is 5.97 Å². The van der Waals surface area contributed by atoms with Gasteiger partial charge < -0.3 is 5.11 Å². The normalized spacial score (nSPS) is 12.5. The first-order chi connectivity index (χ1) is 5.22. The Hall–Kier alpha value is -1.38. The maximum absolute atomic E-state index is 12.7. The third kappa shape index (κ3) is 1.77. The summed E-state index contributed by atoms with van der Waals surface area (Å²) in [6.45, 7) is 0. The molecular formula is C8H7FO2. The van der Waals surface area contributed by atoms with Crippen LogP contribution in [-0.4, -0.2) is 11.1 Å². The number of carbonyl (C=O) groups is 1. The summed E-state index contributed by atoms with van der Waals surface area (Å²) >= 11 is 0. The highest BCUT2D eigenvalue weighted by Gasteiger charge is 2.16. The third-order valence-corrected chi connectivity index (χ3v) is 1.31. The van der Waals surface area contributed by atoms with E-state index in [1.165, 1.54) is 12.1 Å². The van der Waals surface area contributed by atoms with Crippen molar-refractivity contribution in [2.75, 3.05) is 0 Å². The third-order valence-electron chi connectivity index (χ3n) is 1.31. The van der Waals surface area contributed by atoms with Crippen LogP contribution in [0.15, 0.2) is 30.3 Å². The first-order valence-corrected chi connectivity index (χ1v) is 3.13. The van der Waals surface area contributed by atoms with E-state index in [-0.39, 0.29) is 5.56 Å². The van der Waals surface area contributed by atoms with E-state index in [1.807, 2.05) is 0 Å². The zero-order valence-electron chi connectivity index (χ0n) is 5.70. The van der Waals surface area contributed by atoms with E-state index >= 15 is 0 Å². The molecule has 0 aliphatic carbocycles. The summed E-state index contributed by atoms with van der Waals surface area (Å²) in [6, 6.07) is 7.80. The molecule has 11 heavy (non-hydrogen) atoms. The second kappa shape index (κ2) is 3.14. The van der Waals surface area contributed by atoms with Crippen LogP contribution in [0.1, 0.15) is 11.7 Å². The molecule has 0 aromatic heterocycles. The maximum atomic E-state index is 12.7. The molecule has 0 fully saturated rings. The first-order valence-electron chi connectivity index (χ1n) is 3.13. The van der Waals surface area contributed by atoms with Crippen molar-refractivity contribution in [1.29, 1.82) is 0 Å². The Morgan fingerprint density at radius 3 is 2.36 bits per heavy atom. The molecule has 58 valence electrons. The summed E-state index contributed by atoms with van der Waals surface area (Å²) in [7, 11) is 0. The molecule has 1 aromatic carbocycles. The summed E-state index contributed by atoms with van der Waals surface area (Å²) in [5.74, 6) is -1.45. The molecule has 3 heteroatoms. The van der Waals surface area contributed by atoms with Gasteiger partial charge in [-0.15, -0.1) is 0 Å². The Morgan fingerprint density at radius 2 is 1.91 bits per heavy atom. The molecule has 0 radical (unpaired) electrons. The molecule has 0 amide bonds. The van der Waals surface area contributed by atoms with Gasteiger partial charge in [0, 0.05) is 0 Å². The molecule has 0 aliphatic rings. The lowest BCUT2D eigenvalue weighted by Gasteiger charge is -2.00. The lowest BCUT2D eigenvalue weighted by atomic mass is 10.1. The second-order valence-corrected chi connectivity index (χ2v) is 2.11. The molecule has 0 spiro atoms. The number of aliphatic carboxylic acids is 1. The van der Waals surface area contributed by atoms with Crippen LogP contribution in [0, 0.1) is 0 Å². The van der Waals surface area contributed by atoms with Gasteiger partial charge in [-0.3, -0.25) is 0 Å². The zero-order chi connectivity index (χ0) is 8.27. The number of carboxylic acids is 1. The van der Waals surface area contributed by atoms with Gasteiger partial charge in [0.05, 0.1) is 0 Å². The van der Waals surface area contributed by atoms with Crippen molar-refractivity contribution >= 4 is 5.97 Å². The molecule has 1 rings (SSSR count). The molecule has 0 bridgehead atoms. The molecule has 0 aliphatic heterocycles. The lowest BCUT2D eigenvalue weighted by Crippen LogP contribution is -2.05. The van der Waals surface area contributed by atoms with Crippen molar-refractivity contribution in [2.24, 2.45) is 0 Å². The summed E-state index contributed by atoms with van der Waals surface area (Å²) in [5.41, 5.74) is 0.181. The predicted molar refractivity (Wildman–Crippen MR) is 37.9 cm³/mol. The van der Waals surface area contributed by atoms with Gasteiger partial charge in [-0.1, -0.05) is 30.3 Å². The van der Waals surface area contributed by atoms with Gasteiger partial charge in [0.15, 0.2) is 0 Å². The van der Waals surface area contributed by atoms with E-state index in [0.717, 1.165) is 0 Å². The minimum atomic E-state index is -1.91. The molecule has 1 N–H and O–H groups in total. The van der Waals surface area contributed by atoms with E-state index in [2.05, 4.69) is 0 Å². The van der Waals surface area contributed by atoms with E-state index < -0.39 is 12.1 Å². The number of hydrogen-bond donors (Lipinski definition) is 1. The number of rotatable bonds is 2. The summed E-state index contributed by atoms with van der Waals surface area (Å²) < 4.78 is 12.7. The van der Waals surface area contributed by atoms with Crippen LogP contribution in [0.3, 0.4) is 0 Å². The molecule has 0 saturated heterocycles. The smallest absolute Gasteiger partial charge is 0.343 e. The van der Waals surface area contributed by atoms with Gasteiger partial charge in [-0.25, -0.2) is 9.18 Å². The van der Waals surface area contributed by atoms with Crippen molar-refractivity contribution in [1.82, 2.24) is 0 Å². The highest BCUT2D eigenvalue weighted by atomic mass is 19.1. The summed E-state index contributed by atoms with van der Waals surface area (Å²) in [4.78, 5) is 10.1. The van der Waals surface area contributed by atoms with Crippen molar-refractivity contribution in [3.05, 3.63) is 35.9 Å². The van der Waals surface area contributed by atoms with Crippen LogP contribution >= 0.6 is 0 Å². The minimum Gasteiger partial charge on any atom is -0.479 e. The number of carboxylic acid groups (broad SMARTS) is 1. The summed E-state index contributed by atoms with van der Waals surface area (Å²) in [5, 5.41) is 8.26. The average Bonchev–Trinajstić information content (AvgIpc) is 2.05. The Bertz CT molecular complexity index is 246. The number of hydrogen-bond acceptors (Lipinski definition) is 1. The highest BCUT2D eigenvalue weighted by Crippen LogP contribution is 2.15.